The molecule has 0 N–H and O–H groups in total. The molecule has 1 heterocycles. The molecule has 0 atom stereocenters. The van der Waals surface area contributed by atoms with E-state index in [4.69, 9.17) is 0 Å². The Bertz CT molecular complexity index is 847. The van der Waals surface area contributed by atoms with Crippen molar-refractivity contribution in [3.05, 3.63) is 50.2 Å². The number of benzene rings is 1. The van der Waals surface area contributed by atoms with E-state index in [9.17, 15) is 29.8 Å². The number of carbonyl (C=O) groups is 2. The number of nitrogens with zero attached hydrogens (tertiary/aromatic N) is 3. The number of nitro benzene ring substituents is 2. The lowest BCUT2D eigenvalue weighted by molar-refractivity contribution is -0.393. The van der Waals surface area contributed by atoms with Gasteiger partial charge in [0.1, 0.15) is 17.5 Å². The van der Waals surface area contributed by atoms with E-state index >= 15 is 0 Å². The van der Waals surface area contributed by atoms with Crippen LogP contribution in [0.4, 0.5) is 11.4 Å². The third kappa shape index (κ3) is 2.76. The maximum Gasteiger partial charge on any atom is 0.285 e. The number of non-ortho nitro benzene ring substituents is 1. The zero-order valence-corrected chi connectivity index (χ0v) is 12.2. The normalized spacial score (nSPS) is 10.7. The van der Waals surface area contributed by atoms with Gasteiger partial charge in [0.05, 0.1) is 32.4 Å². The number of Topliss-reactive ketones (excluding diaryl/α,β-unsaturated/α-hetero) is 2. The lowest BCUT2D eigenvalue weighted by atomic mass is 9.88. The van der Waals surface area contributed by atoms with Gasteiger partial charge >= 0.3 is 0 Å². The van der Waals surface area contributed by atoms with Crippen LogP contribution in [-0.2, 0) is 9.59 Å². The number of carbonyl (C=O) groups excluding carboxylic acids is 2. The first-order valence-corrected chi connectivity index (χ1v) is 6.47. The number of pyridine rings is 1. The van der Waals surface area contributed by atoms with Gasteiger partial charge in [0.2, 0.25) is 0 Å². The van der Waals surface area contributed by atoms with Crippen LogP contribution in [0.5, 0.6) is 0 Å². The zero-order valence-electron chi connectivity index (χ0n) is 12.2. The highest BCUT2D eigenvalue weighted by atomic mass is 16.6. The van der Waals surface area contributed by atoms with E-state index in [1.165, 1.54) is 18.3 Å². The fourth-order valence-electron chi connectivity index (χ4n) is 2.51. The third-order valence-corrected chi connectivity index (χ3v) is 3.38. The summed E-state index contributed by atoms with van der Waals surface area (Å²) in [5, 5.41) is 22.5. The van der Waals surface area contributed by atoms with E-state index in [-0.39, 0.29) is 16.5 Å². The van der Waals surface area contributed by atoms with Crippen LogP contribution in [0.2, 0.25) is 0 Å². The molecule has 2 rings (SSSR count). The summed E-state index contributed by atoms with van der Waals surface area (Å²) in [6.07, 6.45) is 1.29. The molecule has 2 aromatic rings. The Morgan fingerprint density at radius 3 is 2.13 bits per heavy atom. The summed E-state index contributed by atoms with van der Waals surface area (Å²) in [6, 6.07) is 3.56. The van der Waals surface area contributed by atoms with Gasteiger partial charge in [-0.15, -0.1) is 0 Å². The summed E-state index contributed by atoms with van der Waals surface area (Å²) in [5.74, 6) is -2.59. The Kier molecular flexibility index (Phi) is 4.12. The van der Waals surface area contributed by atoms with Gasteiger partial charge in [0.25, 0.3) is 11.4 Å². The van der Waals surface area contributed by atoms with Crippen LogP contribution in [0.1, 0.15) is 25.3 Å². The first-order valence-electron chi connectivity index (χ1n) is 6.47. The molecule has 0 radical (unpaired) electrons. The maximum absolute atomic E-state index is 11.8. The van der Waals surface area contributed by atoms with Crippen molar-refractivity contribution in [2.75, 3.05) is 0 Å². The van der Waals surface area contributed by atoms with Crippen LogP contribution in [0.15, 0.2) is 24.4 Å². The highest BCUT2D eigenvalue weighted by Crippen LogP contribution is 2.39. The van der Waals surface area contributed by atoms with E-state index in [0.29, 0.717) is 0 Å². The lowest BCUT2D eigenvalue weighted by Crippen LogP contribution is -2.19. The fourth-order valence-corrected chi connectivity index (χ4v) is 2.51. The maximum atomic E-state index is 11.8. The number of aromatic nitrogens is 1. The molecule has 0 saturated heterocycles. The molecule has 118 valence electrons. The van der Waals surface area contributed by atoms with Crippen molar-refractivity contribution in [3.63, 3.8) is 0 Å². The van der Waals surface area contributed by atoms with Crippen molar-refractivity contribution in [1.82, 2.24) is 4.98 Å². The van der Waals surface area contributed by atoms with E-state index in [0.717, 1.165) is 19.9 Å². The summed E-state index contributed by atoms with van der Waals surface area (Å²) in [4.78, 5) is 48.4. The highest BCUT2D eigenvalue weighted by molar-refractivity contribution is 6.10. The van der Waals surface area contributed by atoms with E-state index in [1.54, 1.807) is 0 Å². The number of ketones is 2. The third-order valence-electron chi connectivity index (χ3n) is 3.38. The molecule has 0 aliphatic carbocycles. The second-order valence-electron chi connectivity index (χ2n) is 4.90. The molecule has 1 aromatic heterocycles. The van der Waals surface area contributed by atoms with Crippen LogP contribution in [0.25, 0.3) is 10.9 Å². The minimum Gasteiger partial charge on any atom is -0.299 e. The van der Waals surface area contributed by atoms with Gasteiger partial charge in [0, 0.05) is 6.20 Å². The Hall–Kier alpha value is -3.23. The van der Waals surface area contributed by atoms with Crippen molar-refractivity contribution in [3.8, 4) is 0 Å². The lowest BCUT2D eigenvalue weighted by Gasteiger charge is -2.13. The molecule has 0 spiro atoms. The Labute approximate surface area is 129 Å². The Balaban J connectivity index is 3.03. The monoisotopic (exact) mass is 317 g/mol. The van der Waals surface area contributed by atoms with Crippen LogP contribution in [0, 0.1) is 20.2 Å². The van der Waals surface area contributed by atoms with Crippen molar-refractivity contribution in [2.24, 2.45) is 0 Å². The van der Waals surface area contributed by atoms with E-state index < -0.39 is 38.7 Å². The largest absolute Gasteiger partial charge is 0.299 e. The fraction of sp³-hybridized carbons (Fsp3) is 0.214. The van der Waals surface area contributed by atoms with Gasteiger partial charge < -0.3 is 0 Å². The molecule has 0 aliphatic heterocycles. The molecule has 9 nitrogen and oxygen atoms in total. The van der Waals surface area contributed by atoms with Crippen LogP contribution in [0.3, 0.4) is 0 Å². The Morgan fingerprint density at radius 2 is 1.65 bits per heavy atom. The molecule has 0 amide bonds. The summed E-state index contributed by atoms with van der Waals surface area (Å²) in [6.45, 7) is 2.26. The molecule has 0 saturated carbocycles. The Morgan fingerprint density at radius 1 is 1.09 bits per heavy atom. The second-order valence-corrected chi connectivity index (χ2v) is 4.90. The summed E-state index contributed by atoms with van der Waals surface area (Å²) >= 11 is 0. The van der Waals surface area contributed by atoms with Gasteiger partial charge in [-0.3, -0.25) is 34.8 Å². The quantitative estimate of drug-likeness (QED) is 0.469. The van der Waals surface area contributed by atoms with Gasteiger partial charge in [0.15, 0.2) is 0 Å². The van der Waals surface area contributed by atoms with E-state index in [2.05, 4.69) is 4.98 Å². The summed E-state index contributed by atoms with van der Waals surface area (Å²) in [7, 11) is 0. The van der Waals surface area contributed by atoms with Crippen molar-refractivity contribution >= 4 is 33.8 Å². The molecule has 0 fully saturated rings. The SMILES string of the molecule is CC(=O)C(C(C)=O)c1c([N+](=O)[O-])cc([N+](=O)[O-])c2cccnc12. The van der Waals surface area contributed by atoms with Gasteiger partial charge in [-0.2, -0.15) is 0 Å². The summed E-state index contributed by atoms with van der Waals surface area (Å²) < 4.78 is 0. The minimum atomic E-state index is -1.39. The molecule has 0 unspecified atom stereocenters. The molecule has 0 bridgehead atoms. The van der Waals surface area contributed by atoms with Crippen LogP contribution in [-0.4, -0.2) is 26.4 Å². The van der Waals surface area contributed by atoms with Gasteiger partial charge in [-0.25, -0.2) is 0 Å². The molecule has 9 heteroatoms. The smallest absolute Gasteiger partial charge is 0.285 e. The molecular weight excluding hydrogens is 306 g/mol. The predicted octanol–water partition coefficient (Wildman–Crippen LogP) is 2.31. The van der Waals surface area contributed by atoms with Gasteiger partial charge in [-0.1, -0.05) is 0 Å². The standard InChI is InChI=1S/C14H11N3O6/c1-7(18)12(8(2)19)13-11(17(22)23)6-10(16(20)21)9-4-3-5-15-14(9)13/h3-6,12H,1-2H3. The molecule has 0 aliphatic rings. The van der Waals surface area contributed by atoms with Crippen molar-refractivity contribution < 1.29 is 19.4 Å². The van der Waals surface area contributed by atoms with Gasteiger partial charge in [-0.05, 0) is 26.0 Å². The first kappa shape index (κ1) is 16.1. The molecular formula is C14H11N3O6. The number of fused-ring (bicyclic) bond motifs is 1. The van der Waals surface area contributed by atoms with Crippen molar-refractivity contribution in [1.29, 1.82) is 0 Å². The average Bonchev–Trinajstić information content (AvgIpc) is 2.45. The first-order chi connectivity index (χ1) is 10.8. The minimum absolute atomic E-state index is 0.0330. The number of nitro groups is 2. The average molecular weight is 317 g/mol. The predicted molar refractivity (Wildman–Crippen MR) is 79.2 cm³/mol. The van der Waals surface area contributed by atoms with Crippen molar-refractivity contribution in [2.45, 2.75) is 19.8 Å². The molecule has 23 heavy (non-hydrogen) atoms. The summed E-state index contributed by atoms with van der Waals surface area (Å²) in [5.41, 5.74) is -1.48. The topological polar surface area (TPSA) is 133 Å². The number of hydrogen-bond donors (Lipinski definition) is 0. The highest BCUT2D eigenvalue weighted by Gasteiger charge is 2.35. The number of rotatable bonds is 5. The van der Waals surface area contributed by atoms with E-state index in [1.807, 2.05) is 0 Å². The zero-order chi connectivity index (χ0) is 17.3. The molecule has 1 aromatic carbocycles. The number of hydrogen-bond acceptors (Lipinski definition) is 7. The second kappa shape index (κ2) is 5.87. The van der Waals surface area contributed by atoms with Crippen LogP contribution < -0.4 is 0 Å². The van der Waals surface area contributed by atoms with Crippen LogP contribution >= 0.6 is 0 Å².